The van der Waals surface area contributed by atoms with Crippen molar-refractivity contribution in [3.63, 3.8) is 0 Å². The summed E-state index contributed by atoms with van der Waals surface area (Å²) in [7, 11) is -5.01. The maximum Gasteiger partial charge on any atom is 0.353 e. The molecule has 12 rings (SSSR count). The lowest BCUT2D eigenvalue weighted by Gasteiger charge is -2.49. The van der Waals surface area contributed by atoms with E-state index in [-0.39, 0.29) is 73.6 Å². The number of imide groups is 1. The molecule has 11 heterocycles. The van der Waals surface area contributed by atoms with Crippen molar-refractivity contribution >= 4 is 185 Å². The molecule has 18 N–H and O–H groups in total. The van der Waals surface area contributed by atoms with Crippen molar-refractivity contribution in [3.05, 3.63) is 111 Å². The molecule has 6 fully saturated rings. The number of β-lactam (4-membered cyclic amide) rings is 4. The maximum absolute atomic E-state index is 13.3. The summed E-state index contributed by atoms with van der Waals surface area (Å²) in [5.41, 5.74) is 7.71. The predicted octanol–water partition coefficient (Wildman–Crippen LogP) is -2.72. The molecule has 46 nitrogen and oxygen atoms in total. The Kier molecular flexibility index (Phi) is 30.4. The van der Waals surface area contributed by atoms with Gasteiger partial charge in [-0.15, -0.1) is 58.0 Å². The molecule has 3 aromatic heterocycles. The summed E-state index contributed by atoms with van der Waals surface area (Å²) in [4.78, 5) is 208. The molecular formula is C70H85N19O27S6. The number of thioether (sulfide) groups is 3. The van der Waals surface area contributed by atoms with Crippen LogP contribution >= 0.6 is 58.0 Å². The van der Waals surface area contributed by atoms with Crippen molar-refractivity contribution in [3.8, 4) is 0 Å². The van der Waals surface area contributed by atoms with Crippen molar-refractivity contribution in [2.45, 2.75) is 150 Å². The molecule has 0 aliphatic carbocycles. The zero-order chi connectivity index (χ0) is 89.6. The molecule has 11 amide bonds. The second kappa shape index (κ2) is 38.8. The van der Waals surface area contributed by atoms with Crippen molar-refractivity contribution in [1.82, 2.24) is 65.4 Å². The van der Waals surface area contributed by atoms with Gasteiger partial charge in [0.05, 0.1) is 30.4 Å². The number of thiazole rings is 2. The molecule has 0 bridgehead atoms. The van der Waals surface area contributed by atoms with Crippen LogP contribution in [0.3, 0.4) is 0 Å². The van der Waals surface area contributed by atoms with E-state index in [2.05, 4.69) is 46.9 Å². The highest BCUT2D eigenvalue weighted by atomic mass is 32.2. The minimum Gasteiger partial charge on any atom is -0.731 e. The molecule has 658 valence electrons. The lowest BCUT2D eigenvalue weighted by molar-refractivity contribution is -0.689. The SMILES string of the molecule is CC(C)(O/N=C(\C(=O)N[C@@H]1C(=O)N2C(C(=O)O)=C(C[n+]3ccccc3)CS[C@H]12)c1csc(N)n1)C(=O)O.CCN1CCN(C(=O)N[C@@H](C(=O)N[C@@H]2C(=O)N3[C@@H]2SC(C)(C)[C@@H]3C(=O)O)c2ccccc2)C(=O)C1=O.C[C@@H](O)[C@H]1C(=O)N2C(C(=O)O)=C(SCCNC=N)C[C@H]12.C[C@H]1[C@H](NC(=O)/C(=N\OC(C)(C)C(=O)O)c2csc(N)n2)C(=O)N1S(=O)(=O)[O-].O. The van der Waals surface area contributed by atoms with Crippen LogP contribution in [0.4, 0.5) is 15.1 Å². The molecule has 0 spiro atoms. The number of nitrogen functional groups attached to an aromatic ring is 2. The number of urea groups is 1. The van der Waals surface area contributed by atoms with Gasteiger partial charge in [-0.05, 0) is 67.9 Å². The molecular weight excluding hydrogens is 1730 g/mol. The normalized spacial score (nSPS) is 22.5. The number of oxime groups is 2. The number of aliphatic hydroxyl groups excluding tert-OH is 1. The van der Waals surface area contributed by atoms with Gasteiger partial charge < -0.3 is 103 Å². The van der Waals surface area contributed by atoms with E-state index in [4.69, 9.17) is 31.7 Å². The number of anilines is 2. The number of aromatic nitrogens is 3. The second-order valence-electron chi connectivity index (χ2n) is 28.8. The summed E-state index contributed by atoms with van der Waals surface area (Å²) >= 11 is 5.99. The third-order valence-corrected chi connectivity index (χ3v) is 25.7. The number of hydrogen-bond acceptors (Lipinski definition) is 33. The number of pyridine rings is 1. The van der Waals surface area contributed by atoms with Crippen molar-refractivity contribution in [2.24, 2.45) is 16.2 Å². The standard InChI is InChI=1S/C23H27N5O7S.C22H22N6O7S2.C13H17N5O8S2.C12H17N3O4S.H2O/c1-4-26-10-11-27(19(32)18(26)31)22(35)25-13(12-8-6-5-7-9-12)16(29)24-14-17(30)28-15(21(33)34)23(2,3)36-20(14)28;1-22(2,20(33)34)35-26-13(12-10-37-21(23)24-12)16(29)25-14-17(30)28-15(19(31)32)11(9-36-18(14)28)8-27-6-4-3-5-7-27;1-5-7(10(20)18(5)28(23,24)25)16-9(19)8(6-4-27-12(14)15-6)17-26-13(2,3)11(21)22;1-6(16)9-7-4-8(20-3-2-14-5-13)10(12(18)19)15(7)11(9)17;/h5-9,13-15,20H,4,10-11H2,1-3H3,(H,24,29)(H,25,35)(H,33,34);3-7,10,14,18H,8-9H2,1-2H3,(H4-,23,24,25,29,31,32,33,34);4-5,7H,1-3H3,(H2,14,15)(H,16,19)(H,21,22)(H,23,24,25);5-7,9,16H,2-4H2,1H3,(H2,13,14)(H,18,19);1H2/b;26-13-;17-8-;;/t13-,14-,15+,20-;14-,18-;5-,7-;6-,7-,9-;/m1101./s1. The summed E-state index contributed by atoms with van der Waals surface area (Å²) in [5.74, 6) is -12.5. The molecule has 1 aromatic carbocycles. The molecule has 8 aliphatic heterocycles. The fourth-order valence-corrected chi connectivity index (χ4v) is 19.0. The van der Waals surface area contributed by atoms with Gasteiger partial charge in [-0.1, -0.05) is 46.7 Å². The number of nitrogens with two attached hydrogens (primary N) is 2. The van der Waals surface area contributed by atoms with E-state index in [0.29, 0.717) is 53.6 Å². The van der Waals surface area contributed by atoms with E-state index in [9.17, 15) is 110 Å². The molecule has 6 saturated heterocycles. The quantitative estimate of drug-likeness (QED) is 0.00384. The van der Waals surface area contributed by atoms with E-state index in [1.807, 2.05) is 22.8 Å². The summed E-state index contributed by atoms with van der Waals surface area (Å²) in [5, 5.41) is 85.2. The predicted molar refractivity (Wildman–Crippen MR) is 431 cm³/mol. The minimum absolute atomic E-state index is 0. The number of carboxylic acids is 5. The van der Waals surface area contributed by atoms with Crippen molar-refractivity contribution < 1.29 is 135 Å². The van der Waals surface area contributed by atoms with Crippen LogP contribution < -0.4 is 42.6 Å². The van der Waals surface area contributed by atoms with Crippen LogP contribution in [-0.4, -0.2) is 301 Å². The fourth-order valence-electron chi connectivity index (χ4n) is 13.0. The monoisotopic (exact) mass is 1820 g/mol. The number of hydrogen-bond donors (Lipinski definition) is 14. The number of carbonyl (C=O) groups excluding carboxylic acids is 10. The molecule has 0 saturated carbocycles. The third kappa shape index (κ3) is 20.6. The number of carboxylic acid groups (broad SMARTS) is 5. The Balaban J connectivity index is 0.000000206. The molecule has 8 aliphatic rings. The molecule has 11 atom stereocenters. The van der Waals surface area contributed by atoms with Crippen LogP contribution in [0.25, 0.3) is 0 Å². The highest BCUT2D eigenvalue weighted by Crippen LogP contribution is 2.51. The topological polar surface area (TPSA) is 694 Å². The van der Waals surface area contributed by atoms with E-state index < -0.39 is 174 Å². The summed E-state index contributed by atoms with van der Waals surface area (Å²) < 4.78 is 34.2. The van der Waals surface area contributed by atoms with Gasteiger partial charge in [0.25, 0.3) is 23.6 Å². The first-order chi connectivity index (χ1) is 56.7. The molecule has 122 heavy (non-hydrogen) atoms. The Morgan fingerprint density at radius 3 is 1.79 bits per heavy atom. The molecule has 0 radical (unpaired) electrons. The first-order valence-corrected chi connectivity index (χ1v) is 42.2. The number of fused-ring (bicyclic) bond motifs is 3. The highest BCUT2D eigenvalue weighted by molar-refractivity contribution is 8.03. The lowest BCUT2D eigenvalue weighted by Crippen LogP contribution is -2.71. The summed E-state index contributed by atoms with van der Waals surface area (Å²) in [6, 6.07) is 5.90. The number of likely N-dealkylation sites (N-methyl/N-ethyl adjacent to an activating group) is 1. The smallest absolute Gasteiger partial charge is 0.353 e. The fraction of sp³-hybridized carbons (Fsp3) is 0.443. The Bertz CT molecular complexity index is 5080. The number of rotatable bonds is 29. The van der Waals surface area contributed by atoms with Crippen LogP contribution in [-0.2, 0) is 93.6 Å². The minimum atomic E-state index is -5.01. The lowest BCUT2D eigenvalue weighted by atomic mass is 9.83. The van der Waals surface area contributed by atoms with Crippen LogP contribution in [0.5, 0.6) is 0 Å². The van der Waals surface area contributed by atoms with Crippen molar-refractivity contribution in [2.75, 3.05) is 49.2 Å². The number of nitrogens with one attached hydrogen (secondary N) is 6. The number of aliphatic hydroxyl groups is 1. The number of carbonyl (C=O) groups is 15. The van der Waals surface area contributed by atoms with E-state index in [1.165, 1.54) is 100 Å². The third-order valence-electron chi connectivity index (χ3n) is 19.4. The highest BCUT2D eigenvalue weighted by Gasteiger charge is 2.65. The van der Waals surface area contributed by atoms with Gasteiger partial charge in [0.1, 0.15) is 63.7 Å². The molecule has 0 unspecified atom stereocenters. The Morgan fingerprint density at radius 1 is 0.762 bits per heavy atom. The number of piperazine rings is 1. The average Bonchev–Trinajstić information content (AvgIpc) is 1.55. The van der Waals surface area contributed by atoms with Gasteiger partial charge in [-0.3, -0.25) is 58.4 Å². The Morgan fingerprint density at radius 2 is 1.30 bits per heavy atom. The maximum atomic E-state index is 13.3. The molecule has 52 heteroatoms. The van der Waals surface area contributed by atoms with Gasteiger partial charge in [-0.25, -0.2) is 56.0 Å². The summed E-state index contributed by atoms with van der Waals surface area (Å²) in [6.07, 6.45) is 4.40. The van der Waals surface area contributed by atoms with Gasteiger partial charge in [0, 0.05) is 82.2 Å². The number of nitrogens with zero attached hydrogens (tertiary/aromatic N) is 11. The largest absolute Gasteiger partial charge is 0.731 e. The molecule has 4 aromatic rings. The first-order valence-electron chi connectivity index (χ1n) is 36.2. The van der Waals surface area contributed by atoms with Gasteiger partial charge in [0.15, 0.2) is 50.9 Å². The zero-order valence-corrected chi connectivity index (χ0v) is 70.8. The Labute approximate surface area is 713 Å². The van der Waals surface area contributed by atoms with Crippen LogP contribution in [0.2, 0.25) is 0 Å². The van der Waals surface area contributed by atoms with E-state index in [1.54, 1.807) is 70.4 Å². The van der Waals surface area contributed by atoms with Gasteiger partial charge in [-0.2, -0.15) is 0 Å². The van der Waals surface area contributed by atoms with E-state index in [0.717, 1.165) is 33.9 Å². The van der Waals surface area contributed by atoms with Crippen molar-refractivity contribution in [1.29, 1.82) is 5.41 Å². The summed E-state index contributed by atoms with van der Waals surface area (Å²) in [6.45, 7) is 14.2. The zero-order valence-electron chi connectivity index (χ0n) is 65.9. The number of aliphatic carboxylic acids is 5. The van der Waals surface area contributed by atoms with Crippen LogP contribution in [0, 0.1) is 11.3 Å². The van der Waals surface area contributed by atoms with Gasteiger partial charge >= 0.3 is 47.7 Å². The number of amides is 11. The van der Waals surface area contributed by atoms with Gasteiger partial charge in [0.2, 0.25) is 28.9 Å². The van der Waals surface area contributed by atoms with Crippen LogP contribution in [0.1, 0.15) is 91.7 Å². The second-order valence-corrected chi connectivity index (χ2v) is 35.9. The first kappa shape index (κ1) is 95.5. The Hall–Kier alpha value is -11.9. The van der Waals surface area contributed by atoms with Crippen LogP contribution in [0.15, 0.2) is 104 Å². The number of benzene rings is 1. The van der Waals surface area contributed by atoms with E-state index >= 15 is 0 Å². The average molecular weight is 1820 g/mol.